The summed E-state index contributed by atoms with van der Waals surface area (Å²) in [5.74, 6) is -0.852. The van der Waals surface area contributed by atoms with Gasteiger partial charge in [0.05, 0.1) is 11.4 Å². The van der Waals surface area contributed by atoms with Crippen molar-refractivity contribution in [1.82, 2.24) is 14.1 Å². The second-order valence-electron chi connectivity index (χ2n) is 7.66. The number of nitrogens with one attached hydrogen (secondary N) is 1. The van der Waals surface area contributed by atoms with E-state index in [0.29, 0.717) is 29.4 Å². The van der Waals surface area contributed by atoms with Gasteiger partial charge in [-0.25, -0.2) is 17.5 Å². The lowest BCUT2D eigenvalue weighted by Crippen LogP contribution is -2.41. The fourth-order valence-corrected chi connectivity index (χ4v) is 5.49. The number of benzene rings is 2. The predicted molar refractivity (Wildman–Crippen MR) is 120 cm³/mol. The molecule has 0 aliphatic carbocycles. The van der Waals surface area contributed by atoms with E-state index >= 15 is 0 Å². The van der Waals surface area contributed by atoms with Crippen LogP contribution in [0.5, 0.6) is 0 Å². The zero-order valence-corrected chi connectivity index (χ0v) is 18.9. The van der Waals surface area contributed by atoms with E-state index in [0.717, 1.165) is 11.8 Å². The van der Waals surface area contributed by atoms with Crippen molar-refractivity contribution in [2.75, 3.05) is 18.4 Å². The van der Waals surface area contributed by atoms with Crippen LogP contribution in [0.2, 0.25) is 5.02 Å². The van der Waals surface area contributed by atoms with E-state index in [4.69, 9.17) is 11.6 Å². The molecule has 2 heterocycles. The first-order chi connectivity index (χ1) is 15.3. The Morgan fingerprint density at radius 1 is 1.12 bits per heavy atom. The van der Waals surface area contributed by atoms with Crippen LogP contribution in [0.4, 0.5) is 10.2 Å². The number of sulfonamides is 1. The summed E-state index contributed by atoms with van der Waals surface area (Å²) in [5.41, 5.74) is 1.44. The van der Waals surface area contributed by atoms with E-state index in [1.807, 2.05) is 13.0 Å². The molecule has 0 saturated carbocycles. The number of anilines is 1. The fraction of sp³-hybridized carbons (Fsp3) is 0.273. The van der Waals surface area contributed by atoms with Crippen LogP contribution < -0.4 is 5.32 Å². The van der Waals surface area contributed by atoms with Gasteiger partial charge in [0.2, 0.25) is 15.9 Å². The number of aryl methyl sites for hydroxylation is 1. The highest BCUT2D eigenvalue weighted by atomic mass is 35.5. The zero-order valence-electron chi connectivity index (χ0n) is 17.3. The summed E-state index contributed by atoms with van der Waals surface area (Å²) < 4.78 is 42.4. The maximum Gasteiger partial charge on any atom is 0.245 e. The molecule has 2 aromatic carbocycles. The number of aromatic nitrogens is 2. The van der Waals surface area contributed by atoms with Gasteiger partial charge in [0.1, 0.15) is 16.5 Å². The second-order valence-corrected chi connectivity index (χ2v) is 10.0. The molecule has 4 rings (SSSR count). The van der Waals surface area contributed by atoms with Crippen LogP contribution >= 0.6 is 11.6 Å². The maximum absolute atomic E-state index is 14.0. The van der Waals surface area contributed by atoms with E-state index in [2.05, 4.69) is 10.4 Å². The summed E-state index contributed by atoms with van der Waals surface area (Å²) in [6, 6.07) is 14.2. The monoisotopic (exact) mass is 476 g/mol. The molecule has 1 aliphatic heterocycles. The molecule has 1 aliphatic rings. The van der Waals surface area contributed by atoms with E-state index < -0.39 is 15.8 Å². The van der Waals surface area contributed by atoms with Gasteiger partial charge in [0.15, 0.2) is 0 Å². The molecule has 10 heteroatoms. The van der Waals surface area contributed by atoms with Crippen LogP contribution in [-0.4, -0.2) is 41.5 Å². The molecule has 0 bridgehead atoms. The Hall–Kier alpha value is -2.75. The van der Waals surface area contributed by atoms with Crippen LogP contribution in [0.3, 0.4) is 0 Å². The molecule has 168 valence electrons. The highest BCUT2D eigenvalue weighted by molar-refractivity contribution is 7.89. The maximum atomic E-state index is 14.0. The van der Waals surface area contributed by atoms with Gasteiger partial charge >= 0.3 is 0 Å². The minimum Gasteiger partial charge on any atom is -0.310 e. The van der Waals surface area contributed by atoms with Crippen LogP contribution in [0.1, 0.15) is 18.5 Å². The summed E-state index contributed by atoms with van der Waals surface area (Å²) >= 11 is 6.08. The summed E-state index contributed by atoms with van der Waals surface area (Å²) in [6.45, 7) is 2.10. The van der Waals surface area contributed by atoms with Crippen molar-refractivity contribution in [2.24, 2.45) is 5.92 Å². The number of carbonyl (C=O) groups is 1. The first-order valence-electron chi connectivity index (χ1n) is 10.1. The molecular weight excluding hydrogens is 455 g/mol. The van der Waals surface area contributed by atoms with Gasteiger partial charge in [-0.05, 0) is 50.1 Å². The summed E-state index contributed by atoms with van der Waals surface area (Å²) in [6.07, 6.45) is 0.674. The molecule has 0 unspecified atom stereocenters. The van der Waals surface area contributed by atoms with Crippen molar-refractivity contribution in [2.45, 2.75) is 24.7 Å². The number of carbonyl (C=O) groups excluding carboxylic acids is 1. The number of nitrogens with zero attached hydrogens (tertiary/aromatic N) is 3. The topological polar surface area (TPSA) is 84.3 Å². The van der Waals surface area contributed by atoms with Gasteiger partial charge in [-0.15, -0.1) is 0 Å². The minimum atomic E-state index is -3.94. The smallest absolute Gasteiger partial charge is 0.245 e. The molecule has 1 fully saturated rings. The highest BCUT2D eigenvalue weighted by Crippen LogP contribution is 2.27. The summed E-state index contributed by atoms with van der Waals surface area (Å²) in [4.78, 5) is 12.6. The van der Waals surface area contributed by atoms with Crippen LogP contribution in [0.25, 0.3) is 5.69 Å². The lowest BCUT2D eigenvalue weighted by atomic mass is 9.97. The van der Waals surface area contributed by atoms with Gasteiger partial charge < -0.3 is 5.32 Å². The molecule has 7 nitrogen and oxygen atoms in total. The van der Waals surface area contributed by atoms with Gasteiger partial charge in [0.25, 0.3) is 0 Å². The number of amides is 1. The first-order valence-corrected chi connectivity index (χ1v) is 12.0. The van der Waals surface area contributed by atoms with Crippen LogP contribution in [-0.2, 0) is 14.8 Å². The number of halogens is 2. The average Bonchev–Trinajstić information content (AvgIpc) is 3.14. The lowest BCUT2D eigenvalue weighted by molar-refractivity contribution is -0.120. The molecule has 1 N–H and O–H groups in total. The van der Waals surface area contributed by atoms with E-state index in [1.54, 1.807) is 28.9 Å². The molecule has 32 heavy (non-hydrogen) atoms. The number of hydrogen-bond acceptors (Lipinski definition) is 4. The summed E-state index contributed by atoms with van der Waals surface area (Å²) in [7, 11) is -3.94. The summed E-state index contributed by atoms with van der Waals surface area (Å²) in [5, 5.41) is 7.88. The largest absolute Gasteiger partial charge is 0.310 e. The SMILES string of the molecule is Cc1cc(NC(=O)C2CCN(S(=O)(=O)c3ccccc3F)CC2)n(-c2cccc(Cl)c2)n1. The lowest BCUT2D eigenvalue weighted by Gasteiger charge is -2.30. The Bertz CT molecular complexity index is 1250. The van der Waals surface area contributed by atoms with Crippen molar-refractivity contribution >= 4 is 33.3 Å². The fourth-order valence-electron chi connectivity index (χ4n) is 3.77. The molecule has 0 spiro atoms. The molecular formula is C22H22ClFN4O3S. The first kappa shape index (κ1) is 22.4. The Morgan fingerprint density at radius 3 is 2.53 bits per heavy atom. The normalized spacial score (nSPS) is 15.6. The van der Waals surface area contributed by atoms with Crippen LogP contribution in [0.15, 0.2) is 59.5 Å². The molecule has 1 amide bonds. The van der Waals surface area contributed by atoms with Gasteiger partial charge in [0, 0.05) is 30.1 Å². The Morgan fingerprint density at radius 2 is 1.84 bits per heavy atom. The third kappa shape index (κ3) is 4.55. The van der Waals surface area contributed by atoms with Crippen molar-refractivity contribution in [1.29, 1.82) is 0 Å². The second kappa shape index (κ2) is 9.01. The number of piperidine rings is 1. The zero-order chi connectivity index (χ0) is 22.9. The number of hydrogen-bond donors (Lipinski definition) is 1. The van der Waals surface area contributed by atoms with E-state index in [9.17, 15) is 17.6 Å². The highest BCUT2D eigenvalue weighted by Gasteiger charge is 2.33. The molecule has 1 aromatic heterocycles. The van der Waals surface area contributed by atoms with Crippen molar-refractivity contribution in [3.05, 3.63) is 71.1 Å². The van der Waals surface area contributed by atoms with Crippen molar-refractivity contribution in [3.63, 3.8) is 0 Å². The van der Waals surface area contributed by atoms with Crippen molar-refractivity contribution < 1.29 is 17.6 Å². The molecule has 1 saturated heterocycles. The number of rotatable bonds is 5. The average molecular weight is 477 g/mol. The quantitative estimate of drug-likeness (QED) is 0.603. The van der Waals surface area contributed by atoms with Crippen LogP contribution in [0, 0.1) is 18.7 Å². The van der Waals surface area contributed by atoms with E-state index in [-0.39, 0.29) is 29.8 Å². The van der Waals surface area contributed by atoms with E-state index in [1.165, 1.54) is 22.5 Å². The molecule has 0 atom stereocenters. The molecule has 0 radical (unpaired) electrons. The van der Waals surface area contributed by atoms with Gasteiger partial charge in [-0.3, -0.25) is 4.79 Å². The molecule has 3 aromatic rings. The minimum absolute atomic E-state index is 0.140. The van der Waals surface area contributed by atoms with Gasteiger partial charge in [-0.1, -0.05) is 29.8 Å². The van der Waals surface area contributed by atoms with Gasteiger partial charge in [-0.2, -0.15) is 9.40 Å². The standard InChI is InChI=1S/C22H22ClFN4O3S/c1-15-13-21(28(26-15)18-6-4-5-17(23)14-18)25-22(29)16-9-11-27(12-10-16)32(30,31)20-8-3-2-7-19(20)24/h2-8,13-14,16H,9-12H2,1H3,(H,25,29). The Balaban J connectivity index is 1.45. The Kier molecular flexibility index (Phi) is 6.32. The Labute approximate surface area is 190 Å². The predicted octanol–water partition coefficient (Wildman–Crippen LogP) is 4.01. The third-order valence-corrected chi connectivity index (χ3v) is 7.58. The van der Waals surface area contributed by atoms with Crippen molar-refractivity contribution in [3.8, 4) is 5.69 Å². The third-order valence-electron chi connectivity index (χ3n) is 5.41.